The Kier molecular flexibility index (Phi) is 3.70. The van der Waals surface area contributed by atoms with Gasteiger partial charge in [-0.15, -0.1) is 0 Å². The second-order valence-corrected chi connectivity index (χ2v) is 5.71. The number of phenolic OH excluding ortho intramolecular Hbond substituents is 1. The van der Waals surface area contributed by atoms with Crippen LogP contribution < -0.4 is 0 Å². The van der Waals surface area contributed by atoms with Gasteiger partial charge in [0.05, 0.1) is 0 Å². The lowest BCUT2D eigenvalue weighted by Gasteiger charge is -2.28. The Morgan fingerprint density at radius 1 is 1.35 bits per heavy atom. The van der Waals surface area contributed by atoms with E-state index in [0.717, 1.165) is 42.7 Å². The van der Waals surface area contributed by atoms with Crippen molar-refractivity contribution >= 4 is 11.0 Å². The topological polar surface area (TPSA) is 36.6 Å². The van der Waals surface area contributed by atoms with E-state index in [2.05, 4.69) is 18.7 Å². The van der Waals surface area contributed by atoms with Crippen LogP contribution in [0.2, 0.25) is 0 Å². The maximum absolute atomic E-state index is 9.70. The van der Waals surface area contributed by atoms with Gasteiger partial charge < -0.3 is 9.52 Å². The molecule has 2 heterocycles. The van der Waals surface area contributed by atoms with Gasteiger partial charge in [0.25, 0.3) is 0 Å². The second-order valence-electron chi connectivity index (χ2n) is 5.71. The lowest BCUT2D eigenvalue weighted by atomic mass is 10.0. The molecule has 2 aromatic rings. The highest BCUT2D eigenvalue weighted by Gasteiger charge is 2.26. The van der Waals surface area contributed by atoms with Gasteiger partial charge in [-0.25, -0.2) is 0 Å². The van der Waals surface area contributed by atoms with Gasteiger partial charge in [0, 0.05) is 30.0 Å². The minimum absolute atomic E-state index is 0.322. The molecule has 1 aliphatic rings. The Bertz CT molecular complexity index is 602. The van der Waals surface area contributed by atoms with E-state index in [4.69, 9.17) is 4.42 Å². The molecule has 3 heteroatoms. The largest absolute Gasteiger partial charge is 0.508 e. The highest BCUT2D eigenvalue weighted by atomic mass is 16.3. The van der Waals surface area contributed by atoms with Crippen molar-refractivity contribution in [3.8, 4) is 5.75 Å². The Morgan fingerprint density at radius 2 is 2.20 bits per heavy atom. The van der Waals surface area contributed by atoms with Crippen LogP contribution in [-0.2, 0) is 12.8 Å². The van der Waals surface area contributed by atoms with E-state index in [-0.39, 0.29) is 0 Å². The summed E-state index contributed by atoms with van der Waals surface area (Å²) >= 11 is 0. The first kappa shape index (κ1) is 13.5. The monoisotopic (exact) mass is 273 g/mol. The maximum atomic E-state index is 9.70. The van der Waals surface area contributed by atoms with Gasteiger partial charge in [-0.2, -0.15) is 0 Å². The van der Waals surface area contributed by atoms with Crippen LogP contribution in [0.5, 0.6) is 5.75 Å². The molecular formula is C17H23NO2. The lowest BCUT2D eigenvalue weighted by molar-refractivity contribution is 0.198. The third-order valence-electron chi connectivity index (χ3n) is 4.47. The molecule has 1 aromatic heterocycles. The number of likely N-dealkylation sites (N-methyl/N-ethyl adjacent to an activating group) is 1. The molecule has 3 rings (SSSR count). The van der Waals surface area contributed by atoms with Gasteiger partial charge in [-0.1, -0.05) is 20.3 Å². The molecule has 1 atom stereocenters. The van der Waals surface area contributed by atoms with Gasteiger partial charge in [0.15, 0.2) is 0 Å². The molecule has 1 unspecified atom stereocenters. The van der Waals surface area contributed by atoms with E-state index in [9.17, 15) is 5.11 Å². The molecule has 1 aromatic carbocycles. The summed E-state index contributed by atoms with van der Waals surface area (Å²) in [5.74, 6) is 1.45. The summed E-state index contributed by atoms with van der Waals surface area (Å²) in [6.45, 7) is 6.66. The van der Waals surface area contributed by atoms with E-state index < -0.39 is 0 Å². The standard InChI is InChI=1S/C17H23NO2/c1-3-5-12-10-17-14(8-9-18(12)4-2)15-11-13(19)6-7-16(15)20-17/h6-7,11-12,19H,3-5,8-10H2,1-2H3. The molecule has 0 bridgehead atoms. The Balaban J connectivity index is 2.01. The Labute approximate surface area is 120 Å². The average Bonchev–Trinajstić information content (AvgIpc) is 2.67. The predicted molar refractivity (Wildman–Crippen MR) is 81.2 cm³/mol. The smallest absolute Gasteiger partial charge is 0.134 e. The predicted octanol–water partition coefficient (Wildman–Crippen LogP) is 3.73. The molecule has 20 heavy (non-hydrogen) atoms. The number of fused-ring (bicyclic) bond motifs is 3. The van der Waals surface area contributed by atoms with Crippen LogP contribution in [0, 0.1) is 0 Å². The van der Waals surface area contributed by atoms with Crippen LogP contribution >= 0.6 is 0 Å². The number of rotatable bonds is 3. The summed E-state index contributed by atoms with van der Waals surface area (Å²) in [7, 11) is 0. The molecule has 0 spiro atoms. The van der Waals surface area contributed by atoms with E-state index in [1.165, 1.54) is 18.4 Å². The fourth-order valence-electron chi connectivity index (χ4n) is 3.44. The van der Waals surface area contributed by atoms with Crippen molar-refractivity contribution in [2.24, 2.45) is 0 Å². The van der Waals surface area contributed by atoms with Crippen LogP contribution in [0.4, 0.5) is 0 Å². The highest BCUT2D eigenvalue weighted by Crippen LogP contribution is 2.33. The van der Waals surface area contributed by atoms with Gasteiger partial charge in [0.2, 0.25) is 0 Å². The first-order valence-electron chi connectivity index (χ1n) is 7.70. The summed E-state index contributed by atoms with van der Waals surface area (Å²) in [5, 5.41) is 10.8. The minimum Gasteiger partial charge on any atom is -0.508 e. The zero-order chi connectivity index (χ0) is 14.1. The van der Waals surface area contributed by atoms with Crippen molar-refractivity contribution in [3.63, 3.8) is 0 Å². The summed E-state index contributed by atoms with van der Waals surface area (Å²) in [6.07, 6.45) is 4.43. The van der Waals surface area contributed by atoms with Crippen LogP contribution in [0.15, 0.2) is 22.6 Å². The maximum Gasteiger partial charge on any atom is 0.134 e. The molecule has 1 N–H and O–H groups in total. The second kappa shape index (κ2) is 5.49. The van der Waals surface area contributed by atoms with E-state index >= 15 is 0 Å². The van der Waals surface area contributed by atoms with Gasteiger partial charge >= 0.3 is 0 Å². The fraction of sp³-hybridized carbons (Fsp3) is 0.529. The molecule has 0 amide bonds. The first-order valence-corrected chi connectivity index (χ1v) is 7.70. The number of nitrogens with zero attached hydrogens (tertiary/aromatic N) is 1. The Morgan fingerprint density at radius 3 is 2.95 bits per heavy atom. The summed E-state index contributed by atoms with van der Waals surface area (Å²) < 4.78 is 6.06. The van der Waals surface area contributed by atoms with Gasteiger partial charge in [-0.05, 0) is 37.6 Å². The summed E-state index contributed by atoms with van der Waals surface area (Å²) in [4.78, 5) is 2.56. The normalized spacial score (nSPS) is 20.0. The quantitative estimate of drug-likeness (QED) is 0.925. The first-order chi connectivity index (χ1) is 9.72. The van der Waals surface area contributed by atoms with Crippen molar-refractivity contribution in [2.75, 3.05) is 13.1 Å². The van der Waals surface area contributed by atoms with Crippen molar-refractivity contribution in [1.82, 2.24) is 4.90 Å². The molecular weight excluding hydrogens is 250 g/mol. The van der Waals surface area contributed by atoms with E-state index in [0.29, 0.717) is 11.8 Å². The van der Waals surface area contributed by atoms with Crippen molar-refractivity contribution in [1.29, 1.82) is 0 Å². The van der Waals surface area contributed by atoms with Crippen LogP contribution in [0.25, 0.3) is 11.0 Å². The number of furan rings is 1. The van der Waals surface area contributed by atoms with Crippen molar-refractivity contribution in [3.05, 3.63) is 29.5 Å². The van der Waals surface area contributed by atoms with Crippen LogP contribution in [0.3, 0.4) is 0 Å². The van der Waals surface area contributed by atoms with Crippen LogP contribution in [0.1, 0.15) is 38.0 Å². The third kappa shape index (κ3) is 2.31. The number of aromatic hydroxyl groups is 1. The summed E-state index contributed by atoms with van der Waals surface area (Å²) in [5.41, 5.74) is 2.21. The third-order valence-corrected chi connectivity index (χ3v) is 4.47. The molecule has 0 fully saturated rings. The van der Waals surface area contributed by atoms with Crippen molar-refractivity contribution in [2.45, 2.75) is 45.6 Å². The summed E-state index contributed by atoms with van der Waals surface area (Å²) in [6, 6.07) is 6.01. The van der Waals surface area contributed by atoms with E-state index in [1.54, 1.807) is 6.07 Å². The van der Waals surface area contributed by atoms with Gasteiger partial charge in [-0.3, -0.25) is 4.90 Å². The number of phenols is 1. The molecule has 3 nitrogen and oxygen atoms in total. The number of hydrogen-bond acceptors (Lipinski definition) is 3. The molecule has 0 aliphatic carbocycles. The zero-order valence-electron chi connectivity index (χ0n) is 12.4. The van der Waals surface area contributed by atoms with Gasteiger partial charge in [0.1, 0.15) is 17.1 Å². The molecule has 0 saturated carbocycles. The molecule has 108 valence electrons. The Hall–Kier alpha value is -1.48. The SMILES string of the molecule is CCCC1Cc2oc3ccc(O)cc3c2CCN1CC. The van der Waals surface area contributed by atoms with E-state index in [1.807, 2.05) is 12.1 Å². The zero-order valence-corrected chi connectivity index (χ0v) is 12.4. The minimum atomic E-state index is 0.322. The molecule has 0 radical (unpaired) electrons. The van der Waals surface area contributed by atoms with Crippen molar-refractivity contribution < 1.29 is 9.52 Å². The number of hydrogen-bond donors (Lipinski definition) is 1. The lowest BCUT2D eigenvalue weighted by Crippen LogP contribution is -2.36. The molecule has 0 saturated heterocycles. The number of benzene rings is 1. The average molecular weight is 273 g/mol. The highest BCUT2D eigenvalue weighted by molar-refractivity contribution is 5.83. The fourth-order valence-corrected chi connectivity index (χ4v) is 3.44. The molecule has 1 aliphatic heterocycles. The van der Waals surface area contributed by atoms with Crippen LogP contribution in [-0.4, -0.2) is 29.1 Å².